The summed E-state index contributed by atoms with van der Waals surface area (Å²) in [5, 5.41) is 0. The Morgan fingerprint density at radius 2 is 2.00 bits per heavy atom. The first-order chi connectivity index (χ1) is 8.59. The number of nitrogens with two attached hydrogens (primary N) is 1. The molecule has 0 amide bonds. The van der Waals surface area contributed by atoms with E-state index in [0.29, 0.717) is 0 Å². The zero-order valence-electron chi connectivity index (χ0n) is 11.8. The molecule has 2 N–H and O–H groups in total. The highest BCUT2D eigenvalue weighted by Crippen LogP contribution is 2.40. The molecule has 0 radical (unpaired) electrons. The van der Waals surface area contributed by atoms with E-state index in [9.17, 15) is 0 Å². The van der Waals surface area contributed by atoms with E-state index < -0.39 is 0 Å². The van der Waals surface area contributed by atoms with Crippen molar-refractivity contribution in [3.8, 4) is 5.75 Å². The third kappa shape index (κ3) is 2.54. The third-order valence-corrected chi connectivity index (χ3v) is 4.54. The van der Waals surface area contributed by atoms with Gasteiger partial charge in [0.15, 0.2) is 0 Å². The smallest absolute Gasteiger partial charge is 0.119 e. The maximum absolute atomic E-state index is 6.65. The van der Waals surface area contributed by atoms with Crippen LogP contribution in [0.4, 0.5) is 0 Å². The van der Waals surface area contributed by atoms with E-state index in [4.69, 9.17) is 10.5 Å². The molecule has 0 aromatic heterocycles. The topological polar surface area (TPSA) is 35.2 Å². The molecule has 0 unspecified atom stereocenters. The van der Waals surface area contributed by atoms with E-state index in [1.54, 1.807) is 7.11 Å². The van der Waals surface area contributed by atoms with Crippen LogP contribution in [-0.4, -0.2) is 7.11 Å². The van der Waals surface area contributed by atoms with Crippen LogP contribution in [0.5, 0.6) is 5.75 Å². The highest BCUT2D eigenvalue weighted by Gasteiger charge is 2.33. The molecule has 1 aliphatic carbocycles. The van der Waals surface area contributed by atoms with Crippen LogP contribution in [0.3, 0.4) is 0 Å². The van der Waals surface area contributed by atoms with Gasteiger partial charge in [-0.2, -0.15) is 0 Å². The second-order valence-electron chi connectivity index (χ2n) is 5.69. The van der Waals surface area contributed by atoms with Crippen LogP contribution in [0.15, 0.2) is 18.2 Å². The SMILES string of the molecule is CCC1CCC(N)(c2ccc(OC)cc2C)CC1. The number of benzene rings is 1. The van der Waals surface area contributed by atoms with Crippen molar-refractivity contribution in [2.45, 2.75) is 51.5 Å². The number of hydrogen-bond donors (Lipinski definition) is 1. The Morgan fingerprint density at radius 1 is 1.33 bits per heavy atom. The van der Waals surface area contributed by atoms with Gasteiger partial charge in [0.1, 0.15) is 5.75 Å². The van der Waals surface area contributed by atoms with Crippen molar-refractivity contribution < 1.29 is 4.74 Å². The minimum absolute atomic E-state index is 0.123. The molecule has 1 aromatic rings. The van der Waals surface area contributed by atoms with Gasteiger partial charge in [-0.05, 0) is 61.8 Å². The number of hydrogen-bond acceptors (Lipinski definition) is 2. The van der Waals surface area contributed by atoms with Crippen LogP contribution in [0, 0.1) is 12.8 Å². The molecule has 100 valence electrons. The van der Waals surface area contributed by atoms with Crippen LogP contribution in [0.25, 0.3) is 0 Å². The van der Waals surface area contributed by atoms with E-state index in [0.717, 1.165) is 24.5 Å². The second-order valence-corrected chi connectivity index (χ2v) is 5.69. The van der Waals surface area contributed by atoms with Gasteiger partial charge in [-0.25, -0.2) is 0 Å². The minimum atomic E-state index is -0.123. The number of methoxy groups -OCH3 is 1. The lowest BCUT2D eigenvalue weighted by atomic mass is 9.72. The monoisotopic (exact) mass is 247 g/mol. The molecular weight excluding hydrogens is 222 g/mol. The van der Waals surface area contributed by atoms with Gasteiger partial charge in [0, 0.05) is 5.54 Å². The summed E-state index contributed by atoms with van der Waals surface area (Å²) >= 11 is 0. The lowest BCUT2D eigenvalue weighted by Gasteiger charge is -2.38. The molecule has 0 bridgehead atoms. The van der Waals surface area contributed by atoms with Crippen molar-refractivity contribution in [3.63, 3.8) is 0 Å². The van der Waals surface area contributed by atoms with E-state index >= 15 is 0 Å². The Labute approximate surface area is 111 Å². The first kappa shape index (κ1) is 13.4. The summed E-state index contributed by atoms with van der Waals surface area (Å²) in [7, 11) is 1.71. The fourth-order valence-electron chi connectivity index (χ4n) is 3.19. The van der Waals surface area contributed by atoms with E-state index in [1.165, 1.54) is 30.4 Å². The van der Waals surface area contributed by atoms with Crippen molar-refractivity contribution in [1.29, 1.82) is 0 Å². The highest BCUT2D eigenvalue weighted by atomic mass is 16.5. The number of aryl methyl sites for hydroxylation is 1. The predicted octanol–water partition coefficient (Wildman–Crippen LogP) is 3.76. The summed E-state index contributed by atoms with van der Waals surface area (Å²) in [6.07, 6.45) is 6.03. The molecule has 1 aliphatic rings. The molecule has 0 heterocycles. The quantitative estimate of drug-likeness (QED) is 0.882. The van der Waals surface area contributed by atoms with Gasteiger partial charge in [-0.15, -0.1) is 0 Å². The molecule has 0 saturated heterocycles. The molecule has 1 saturated carbocycles. The molecule has 2 nitrogen and oxygen atoms in total. The van der Waals surface area contributed by atoms with Crippen molar-refractivity contribution in [2.75, 3.05) is 7.11 Å². The molecule has 0 atom stereocenters. The predicted molar refractivity (Wildman–Crippen MR) is 75.8 cm³/mol. The summed E-state index contributed by atoms with van der Waals surface area (Å²) in [6, 6.07) is 6.28. The molecule has 2 rings (SSSR count). The van der Waals surface area contributed by atoms with Crippen molar-refractivity contribution in [1.82, 2.24) is 0 Å². The van der Waals surface area contributed by atoms with Gasteiger partial charge in [-0.3, -0.25) is 0 Å². The summed E-state index contributed by atoms with van der Waals surface area (Å²) in [5.41, 5.74) is 9.09. The van der Waals surface area contributed by atoms with Gasteiger partial charge >= 0.3 is 0 Å². The molecule has 1 aromatic carbocycles. The van der Waals surface area contributed by atoms with Gasteiger partial charge < -0.3 is 10.5 Å². The number of rotatable bonds is 3. The average molecular weight is 247 g/mol. The van der Waals surface area contributed by atoms with Crippen LogP contribution in [0.1, 0.15) is 50.2 Å². The van der Waals surface area contributed by atoms with Gasteiger partial charge in [0.05, 0.1) is 7.11 Å². The van der Waals surface area contributed by atoms with Crippen LogP contribution >= 0.6 is 0 Å². The lowest BCUT2D eigenvalue weighted by Crippen LogP contribution is -2.41. The fourth-order valence-corrected chi connectivity index (χ4v) is 3.19. The Morgan fingerprint density at radius 3 is 2.50 bits per heavy atom. The lowest BCUT2D eigenvalue weighted by molar-refractivity contribution is 0.231. The molecule has 0 aliphatic heterocycles. The first-order valence-corrected chi connectivity index (χ1v) is 7.03. The molecule has 18 heavy (non-hydrogen) atoms. The largest absolute Gasteiger partial charge is 0.497 e. The van der Waals surface area contributed by atoms with E-state index in [1.807, 2.05) is 6.07 Å². The molecular formula is C16H25NO. The van der Waals surface area contributed by atoms with Crippen LogP contribution < -0.4 is 10.5 Å². The Kier molecular flexibility index (Phi) is 3.96. The standard InChI is InChI=1S/C16H25NO/c1-4-13-7-9-16(17,10-8-13)15-6-5-14(18-3)11-12(15)2/h5-6,11,13H,4,7-10,17H2,1-3H3. The van der Waals surface area contributed by atoms with Crippen molar-refractivity contribution in [3.05, 3.63) is 29.3 Å². The van der Waals surface area contributed by atoms with E-state index in [-0.39, 0.29) is 5.54 Å². The summed E-state index contributed by atoms with van der Waals surface area (Å²) < 4.78 is 5.26. The van der Waals surface area contributed by atoms with Crippen molar-refractivity contribution >= 4 is 0 Å². The summed E-state index contributed by atoms with van der Waals surface area (Å²) in [4.78, 5) is 0. The second kappa shape index (κ2) is 5.31. The highest BCUT2D eigenvalue weighted by molar-refractivity contribution is 5.39. The molecule has 0 spiro atoms. The normalized spacial score (nSPS) is 28.1. The molecule has 2 heteroatoms. The fraction of sp³-hybridized carbons (Fsp3) is 0.625. The maximum atomic E-state index is 6.65. The summed E-state index contributed by atoms with van der Waals surface area (Å²) in [6.45, 7) is 4.42. The Hall–Kier alpha value is -1.02. The minimum Gasteiger partial charge on any atom is -0.497 e. The van der Waals surface area contributed by atoms with Gasteiger partial charge in [0.25, 0.3) is 0 Å². The Balaban J connectivity index is 2.20. The third-order valence-electron chi connectivity index (χ3n) is 4.54. The summed E-state index contributed by atoms with van der Waals surface area (Å²) in [5.74, 6) is 1.79. The van der Waals surface area contributed by atoms with Gasteiger partial charge in [-0.1, -0.05) is 19.4 Å². The maximum Gasteiger partial charge on any atom is 0.119 e. The zero-order chi connectivity index (χ0) is 13.2. The molecule has 1 fully saturated rings. The van der Waals surface area contributed by atoms with Crippen LogP contribution in [-0.2, 0) is 5.54 Å². The van der Waals surface area contributed by atoms with Crippen LogP contribution in [0.2, 0.25) is 0 Å². The first-order valence-electron chi connectivity index (χ1n) is 7.03. The van der Waals surface area contributed by atoms with Crippen molar-refractivity contribution in [2.24, 2.45) is 11.7 Å². The Bertz CT molecular complexity index is 406. The zero-order valence-corrected chi connectivity index (χ0v) is 11.8. The van der Waals surface area contributed by atoms with E-state index in [2.05, 4.69) is 26.0 Å². The average Bonchev–Trinajstić information content (AvgIpc) is 2.39. The van der Waals surface area contributed by atoms with Gasteiger partial charge in [0.2, 0.25) is 0 Å². The number of ether oxygens (including phenoxy) is 1.